The average molecular weight is 627 g/mol. The zero-order chi connectivity index (χ0) is 32.3. The first-order valence-electron chi connectivity index (χ1n) is 16.7. The van der Waals surface area contributed by atoms with Crippen LogP contribution in [0.3, 0.4) is 0 Å². The SMILES string of the molecule is c1ccc(-c2ccccc2N(c2ccc(-c3cccc4c3Oc3cccc5c6ccccc6n-4c35)cc2)c2cccc3ccccc23)cc1. The standard InChI is InChI=1S/C46H30N2O/c1-2-13-31(14-3-1)35-18-6-8-22-40(35)47(41-24-10-16-32-15-4-5-17-36(32)41)34-29-27-33(28-30-34)37-20-11-25-43-46(37)49-44-26-12-21-39-38-19-7-9-23-42(38)48(43)45(39)44/h1-30H. The second-order valence-electron chi connectivity index (χ2n) is 12.5. The van der Waals surface area contributed by atoms with Gasteiger partial charge in [0, 0.05) is 33.0 Å². The van der Waals surface area contributed by atoms with Crippen LogP contribution in [0.5, 0.6) is 11.5 Å². The van der Waals surface area contributed by atoms with E-state index in [-0.39, 0.29) is 0 Å². The Labute approximate surface area is 284 Å². The van der Waals surface area contributed by atoms with Crippen LogP contribution in [0.4, 0.5) is 17.1 Å². The number of para-hydroxylation sites is 4. The minimum atomic E-state index is 0.872. The molecule has 9 aromatic rings. The maximum atomic E-state index is 6.76. The molecule has 0 spiro atoms. The normalized spacial score (nSPS) is 11.8. The number of hydrogen-bond acceptors (Lipinski definition) is 2. The Morgan fingerprint density at radius 3 is 1.96 bits per heavy atom. The lowest BCUT2D eigenvalue weighted by Crippen LogP contribution is -2.11. The van der Waals surface area contributed by atoms with E-state index in [0.717, 1.165) is 50.9 Å². The molecule has 8 aromatic carbocycles. The van der Waals surface area contributed by atoms with Gasteiger partial charge < -0.3 is 14.2 Å². The van der Waals surface area contributed by atoms with Crippen LogP contribution in [0.2, 0.25) is 0 Å². The van der Waals surface area contributed by atoms with Crippen molar-refractivity contribution in [3.05, 3.63) is 182 Å². The zero-order valence-corrected chi connectivity index (χ0v) is 26.6. The molecule has 0 fully saturated rings. The Hall–Kier alpha value is -6.58. The largest absolute Gasteiger partial charge is 0.452 e. The molecular formula is C46H30N2O. The molecule has 0 aliphatic carbocycles. The third-order valence-corrected chi connectivity index (χ3v) is 9.78. The van der Waals surface area contributed by atoms with Crippen LogP contribution in [0.15, 0.2) is 182 Å². The highest BCUT2D eigenvalue weighted by atomic mass is 16.5. The van der Waals surface area contributed by atoms with Crippen molar-refractivity contribution >= 4 is 49.6 Å². The minimum absolute atomic E-state index is 0.872. The molecule has 0 amide bonds. The highest BCUT2D eigenvalue weighted by Gasteiger charge is 2.26. The molecule has 0 radical (unpaired) electrons. The first-order chi connectivity index (χ1) is 24.3. The molecule has 230 valence electrons. The summed E-state index contributed by atoms with van der Waals surface area (Å²) in [5, 5.41) is 4.85. The fourth-order valence-corrected chi connectivity index (χ4v) is 7.60. The maximum absolute atomic E-state index is 6.76. The van der Waals surface area contributed by atoms with E-state index in [1.54, 1.807) is 0 Å². The number of ether oxygens (including phenoxy) is 1. The molecule has 0 atom stereocenters. The lowest BCUT2D eigenvalue weighted by atomic mass is 9.99. The molecule has 0 saturated heterocycles. The smallest absolute Gasteiger partial charge is 0.159 e. The predicted molar refractivity (Wildman–Crippen MR) is 204 cm³/mol. The fraction of sp³-hybridized carbons (Fsp3) is 0. The van der Waals surface area contributed by atoms with Gasteiger partial charge >= 0.3 is 0 Å². The lowest BCUT2D eigenvalue weighted by Gasteiger charge is -2.29. The third kappa shape index (κ3) is 4.29. The Balaban J connectivity index is 1.14. The highest BCUT2D eigenvalue weighted by molar-refractivity contribution is 6.12. The summed E-state index contributed by atoms with van der Waals surface area (Å²) in [5.41, 5.74) is 11.2. The summed E-state index contributed by atoms with van der Waals surface area (Å²) >= 11 is 0. The monoisotopic (exact) mass is 626 g/mol. The summed E-state index contributed by atoms with van der Waals surface area (Å²) in [4.78, 5) is 2.39. The minimum Gasteiger partial charge on any atom is -0.452 e. The van der Waals surface area contributed by atoms with Crippen molar-refractivity contribution in [2.75, 3.05) is 4.90 Å². The summed E-state index contributed by atoms with van der Waals surface area (Å²) in [6.45, 7) is 0. The molecular weight excluding hydrogens is 597 g/mol. The Kier molecular flexibility index (Phi) is 6.18. The Morgan fingerprint density at radius 1 is 0.429 bits per heavy atom. The fourth-order valence-electron chi connectivity index (χ4n) is 7.60. The molecule has 0 N–H and O–H groups in total. The second-order valence-corrected chi connectivity index (χ2v) is 12.5. The van der Waals surface area contributed by atoms with Crippen molar-refractivity contribution in [2.24, 2.45) is 0 Å². The van der Waals surface area contributed by atoms with E-state index < -0.39 is 0 Å². The van der Waals surface area contributed by atoms with Gasteiger partial charge in [-0.3, -0.25) is 0 Å². The number of benzene rings is 8. The van der Waals surface area contributed by atoms with Crippen LogP contribution in [-0.4, -0.2) is 4.57 Å². The summed E-state index contributed by atoms with van der Waals surface area (Å²) in [7, 11) is 0. The van der Waals surface area contributed by atoms with Gasteiger partial charge in [-0.05, 0) is 59.0 Å². The number of anilines is 3. The van der Waals surface area contributed by atoms with E-state index in [9.17, 15) is 0 Å². The topological polar surface area (TPSA) is 17.4 Å². The molecule has 3 heteroatoms. The van der Waals surface area contributed by atoms with Crippen LogP contribution in [-0.2, 0) is 0 Å². The van der Waals surface area contributed by atoms with Gasteiger partial charge in [-0.2, -0.15) is 0 Å². The predicted octanol–water partition coefficient (Wildman–Crippen LogP) is 12.8. The van der Waals surface area contributed by atoms with Crippen molar-refractivity contribution < 1.29 is 4.74 Å². The van der Waals surface area contributed by atoms with Gasteiger partial charge in [-0.25, -0.2) is 0 Å². The van der Waals surface area contributed by atoms with E-state index in [0.29, 0.717) is 0 Å². The molecule has 0 unspecified atom stereocenters. The van der Waals surface area contributed by atoms with Crippen LogP contribution < -0.4 is 9.64 Å². The second kappa shape index (κ2) is 11.0. The van der Waals surface area contributed by atoms with E-state index in [1.807, 2.05) is 0 Å². The van der Waals surface area contributed by atoms with Gasteiger partial charge in [0.2, 0.25) is 0 Å². The molecule has 1 aromatic heterocycles. The lowest BCUT2D eigenvalue weighted by molar-refractivity contribution is 0.478. The summed E-state index contributed by atoms with van der Waals surface area (Å²) in [5.74, 6) is 1.75. The van der Waals surface area contributed by atoms with Crippen LogP contribution in [0, 0.1) is 0 Å². The number of hydrogen-bond donors (Lipinski definition) is 0. The molecule has 3 nitrogen and oxygen atoms in total. The zero-order valence-electron chi connectivity index (χ0n) is 26.6. The van der Waals surface area contributed by atoms with Crippen LogP contribution in [0.1, 0.15) is 0 Å². The van der Waals surface area contributed by atoms with Crippen molar-refractivity contribution in [3.63, 3.8) is 0 Å². The van der Waals surface area contributed by atoms with Gasteiger partial charge in [0.15, 0.2) is 11.5 Å². The van der Waals surface area contributed by atoms with E-state index >= 15 is 0 Å². The van der Waals surface area contributed by atoms with Gasteiger partial charge in [-0.1, -0.05) is 140 Å². The van der Waals surface area contributed by atoms with Gasteiger partial charge in [0.25, 0.3) is 0 Å². The molecule has 1 aliphatic rings. The molecule has 49 heavy (non-hydrogen) atoms. The summed E-state index contributed by atoms with van der Waals surface area (Å²) in [6.07, 6.45) is 0. The molecule has 10 rings (SSSR count). The van der Waals surface area contributed by atoms with Crippen molar-refractivity contribution in [3.8, 4) is 39.4 Å². The number of fused-ring (bicyclic) bond motifs is 6. The van der Waals surface area contributed by atoms with Gasteiger partial charge in [0.1, 0.15) is 0 Å². The highest BCUT2D eigenvalue weighted by Crippen LogP contribution is 2.49. The third-order valence-electron chi connectivity index (χ3n) is 9.78. The Bertz CT molecular complexity index is 2680. The number of nitrogens with zero attached hydrogens (tertiary/aromatic N) is 2. The molecule has 0 saturated carbocycles. The quantitative estimate of drug-likeness (QED) is 0.189. The van der Waals surface area contributed by atoms with Gasteiger partial charge in [-0.15, -0.1) is 0 Å². The van der Waals surface area contributed by atoms with E-state index in [4.69, 9.17) is 4.74 Å². The maximum Gasteiger partial charge on any atom is 0.159 e. The van der Waals surface area contributed by atoms with E-state index in [1.165, 1.54) is 38.2 Å². The van der Waals surface area contributed by atoms with Crippen molar-refractivity contribution in [1.29, 1.82) is 0 Å². The summed E-state index contributed by atoms with van der Waals surface area (Å²) < 4.78 is 9.12. The molecule has 2 heterocycles. The first kappa shape index (κ1) is 27.5. The molecule has 0 bridgehead atoms. The number of aromatic nitrogens is 1. The van der Waals surface area contributed by atoms with Gasteiger partial charge in [0.05, 0.1) is 28.1 Å². The van der Waals surface area contributed by atoms with E-state index in [2.05, 4.69) is 191 Å². The summed E-state index contributed by atoms with van der Waals surface area (Å²) in [6, 6.07) is 64.8. The van der Waals surface area contributed by atoms with Crippen molar-refractivity contribution in [1.82, 2.24) is 4.57 Å². The first-order valence-corrected chi connectivity index (χ1v) is 16.7. The number of rotatable bonds is 5. The van der Waals surface area contributed by atoms with Crippen molar-refractivity contribution in [2.45, 2.75) is 0 Å². The van der Waals surface area contributed by atoms with Crippen LogP contribution in [0.25, 0.3) is 60.5 Å². The average Bonchev–Trinajstić information content (AvgIpc) is 3.52. The van der Waals surface area contributed by atoms with Crippen LogP contribution >= 0.6 is 0 Å². The molecule has 1 aliphatic heterocycles. The Morgan fingerprint density at radius 2 is 1.06 bits per heavy atom.